The highest BCUT2D eigenvalue weighted by atomic mass is 32.2. The number of anilines is 3. The van der Waals surface area contributed by atoms with Gasteiger partial charge in [-0.15, -0.1) is 11.8 Å². The fourth-order valence-electron chi connectivity index (χ4n) is 2.43. The molecule has 0 amide bonds. The molecule has 0 radical (unpaired) electrons. The van der Waals surface area contributed by atoms with Gasteiger partial charge < -0.3 is 15.0 Å². The topological polar surface area (TPSA) is 74.1 Å². The quantitative estimate of drug-likeness (QED) is 0.683. The van der Waals surface area contributed by atoms with Crippen LogP contribution < -0.4 is 10.2 Å². The van der Waals surface area contributed by atoms with Gasteiger partial charge in [0.25, 0.3) is 0 Å². The first kappa shape index (κ1) is 15.6. The lowest BCUT2D eigenvalue weighted by Gasteiger charge is -2.28. The van der Waals surface area contributed by atoms with Crippen molar-refractivity contribution >= 4 is 29.0 Å². The van der Waals surface area contributed by atoms with Crippen LogP contribution in [-0.4, -0.2) is 42.5 Å². The number of aromatic nitrogens is 2. The van der Waals surface area contributed by atoms with Crippen molar-refractivity contribution in [1.82, 2.24) is 9.97 Å². The molecule has 0 saturated carbocycles. The Morgan fingerprint density at radius 3 is 2.61 bits per heavy atom. The Morgan fingerprint density at radius 1 is 1.22 bits per heavy atom. The molecule has 0 atom stereocenters. The average molecular weight is 327 g/mol. The van der Waals surface area contributed by atoms with E-state index in [2.05, 4.69) is 38.4 Å². The van der Waals surface area contributed by atoms with Crippen LogP contribution in [0.3, 0.4) is 0 Å². The fourth-order valence-corrected chi connectivity index (χ4v) is 2.93. The second kappa shape index (κ2) is 7.31. The number of benzene rings is 1. The van der Waals surface area contributed by atoms with Gasteiger partial charge >= 0.3 is 0 Å². The summed E-state index contributed by atoms with van der Waals surface area (Å²) in [5, 5.41) is 13.2. The zero-order valence-corrected chi connectivity index (χ0v) is 13.6. The molecule has 1 aromatic carbocycles. The van der Waals surface area contributed by atoms with E-state index in [-0.39, 0.29) is 0 Å². The highest BCUT2D eigenvalue weighted by Crippen LogP contribution is 2.26. The van der Waals surface area contributed by atoms with Crippen LogP contribution in [0.2, 0.25) is 0 Å². The molecule has 0 unspecified atom stereocenters. The minimum atomic E-state index is 0.470. The summed E-state index contributed by atoms with van der Waals surface area (Å²) in [4.78, 5) is 10.6. The van der Waals surface area contributed by atoms with Crippen LogP contribution in [0.15, 0.2) is 35.6 Å². The van der Waals surface area contributed by atoms with E-state index in [0.717, 1.165) is 32.0 Å². The Labute approximate surface area is 139 Å². The SMILES string of the molecule is CSc1ncnc(Nc2ccc(N3CCOCC3)cc2)c1C#N. The molecule has 2 aromatic rings. The van der Waals surface area contributed by atoms with Crippen molar-refractivity contribution in [2.24, 2.45) is 0 Å². The van der Waals surface area contributed by atoms with E-state index in [0.29, 0.717) is 16.4 Å². The lowest BCUT2D eigenvalue weighted by molar-refractivity contribution is 0.122. The Kier molecular flexibility index (Phi) is 4.95. The summed E-state index contributed by atoms with van der Waals surface area (Å²) in [5.41, 5.74) is 2.54. The summed E-state index contributed by atoms with van der Waals surface area (Å²) in [6.07, 6.45) is 3.36. The number of nitriles is 1. The van der Waals surface area contributed by atoms with Crippen molar-refractivity contribution in [2.45, 2.75) is 5.03 Å². The normalized spacial score (nSPS) is 14.3. The number of morpholine rings is 1. The molecule has 1 aliphatic rings. The summed E-state index contributed by atoms with van der Waals surface area (Å²) in [6, 6.07) is 10.3. The molecular formula is C16H17N5OS. The van der Waals surface area contributed by atoms with Crippen molar-refractivity contribution in [3.8, 4) is 6.07 Å². The number of ether oxygens (including phenoxy) is 1. The Hall–Kier alpha value is -2.30. The zero-order chi connectivity index (χ0) is 16.1. The lowest BCUT2D eigenvalue weighted by Crippen LogP contribution is -2.36. The minimum absolute atomic E-state index is 0.470. The molecule has 6 nitrogen and oxygen atoms in total. The molecule has 2 heterocycles. The molecular weight excluding hydrogens is 310 g/mol. The maximum atomic E-state index is 9.32. The summed E-state index contributed by atoms with van der Waals surface area (Å²) in [5.74, 6) is 0.533. The first-order valence-electron chi connectivity index (χ1n) is 7.30. The Bertz CT molecular complexity index is 707. The van der Waals surface area contributed by atoms with Gasteiger partial charge in [-0.2, -0.15) is 5.26 Å². The fraction of sp³-hybridized carbons (Fsp3) is 0.312. The molecule has 0 aliphatic carbocycles. The molecule has 1 saturated heterocycles. The number of nitrogens with zero attached hydrogens (tertiary/aromatic N) is 4. The van der Waals surface area contributed by atoms with E-state index in [1.165, 1.54) is 23.8 Å². The molecule has 23 heavy (non-hydrogen) atoms. The third-order valence-electron chi connectivity index (χ3n) is 3.62. The highest BCUT2D eigenvalue weighted by molar-refractivity contribution is 7.98. The summed E-state index contributed by atoms with van der Waals surface area (Å²) >= 11 is 1.43. The molecule has 1 aromatic heterocycles. The lowest BCUT2D eigenvalue weighted by atomic mass is 10.2. The van der Waals surface area contributed by atoms with Gasteiger partial charge in [0.1, 0.15) is 23.0 Å². The van der Waals surface area contributed by atoms with Crippen LogP contribution in [0.25, 0.3) is 0 Å². The van der Waals surface area contributed by atoms with Crippen LogP contribution >= 0.6 is 11.8 Å². The summed E-state index contributed by atoms with van der Waals surface area (Å²) in [6.45, 7) is 3.36. The van der Waals surface area contributed by atoms with Crippen LogP contribution in [0.1, 0.15) is 5.56 Å². The third kappa shape index (κ3) is 3.55. The zero-order valence-electron chi connectivity index (χ0n) is 12.8. The average Bonchev–Trinajstić information content (AvgIpc) is 2.63. The summed E-state index contributed by atoms with van der Waals surface area (Å²) < 4.78 is 5.37. The smallest absolute Gasteiger partial charge is 0.152 e. The van der Waals surface area contributed by atoms with Crippen LogP contribution in [-0.2, 0) is 4.74 Å². The summed E-state index contributed by atoms with van der Waals surface area (Å²) in [7, 11) is 0. The Balaban J connectivity index is 1.77. The second-order valence-electron chi connectivity index (χ2n) is 4.99. The molecule has 0 spiro atoms. The Morgan fingerprint density at radius 2 is 1.96 bits per heavy atom. The first-order chi connectivity index (χ1) is 11.3. The molecule has 1 N–H and O–H groups in total. The predicted octanol–water partition coefficient (Wildman–Crippen LogP) is 2.65. The van der Waals surface area contributed by atoms with E-state index < -0.39 is 0 Å². The van der Waals surface area contributed by atoms with E-state index in [9.17, 15) is 5.26 Å². The molecule has 7 heteroatoms. The van der Waals surface area contributed by atoms with Crippen molar-refractivity contribution in [1.29, 1.82) is 5.26 Å². The van der Waals surface area contributed by atoms with Gasteiger partial charge in [0.15, 0.2) is 5.82 Å². The standard InChI is InChI=1S/C16H17N5OS/c1-23-16-14(10-17)15(18-11-19-16)20-12-2-4-13(5-3-12)21-6-8-22-9-7-21/h2-5,11H,6-9H2,1H3,(H,18,19,20). The van der Waals surface area contributed by atoms with Gasteiger partial charge in [0.2, 0.25) is 0 Å². The van der Waals surface area contributed by atoms with Crippen molar-refractivity contribution in [3.63, 3.8) is 0 Å². The van der Waals surface area contributed by atoms with Crippen LogP contribution in [0.4, 0.5) is 17.2 Å². The maximum Gasteiger partial charge on any atom is 0.152 e. The number of hydrogen-bond acceptors (Lipinski definition) is 7. The second-order valence-corrected chi connectivity index (χ2v) is 5.78. The number of rotatable bonds is 4. The number of nitrogens with one attached hydrogen (secondary N) is 1. The predicted molar refractivity (Wildman–Crippen MR) is 91.3 cm³/mol. The van der Waals surface area contributed by atoms with Crippen molar-refractivity contribution in [2.75, 3.05) is 42.8 Å². The molecule has 1 aliphatic heterocycles. The third-order valence-corrected chi connectivity index (χ3v) is 4.32. The largest absolute Gasteiger partial charge is 0.378 e. The van der Waals surface area contributed by atoms with Crippen molar-refractivity contribution < 1.29 is 4.74 Å². The molecule has 3 rings (SSSR count). The van der Waals surface area contributed by atoms with Crippen LogP contribution in [0.5, 0.6) is 0 Å². The number of hydrogen-bond donors (Lipinski definition) is 1. The maximum absolute atomic E-state index is 9.32. The monoisotopic (exact) mass is 327 g/mol. The molecule has 118 valence electrons. The van der Waals surface area contributed by atoms with Crippen LogP contribution in [0, 0.1) is 11.3 Å². The van der Waals surface area contributed by atoms with Gasteiger partial charge in [-0.25, -0.2) is 9.97 Å². The molecule has 0 bridgehead atoms. The van der Waals surface area contributed by atoms with Gasteiger partial charge in [-0.3, -0.25) is 0 Å². The number of thioether (sulfide) groups is 1. The van der Waals surface area contributed by atoms with Gasteiger partial charge in [-0.1, -0.05) is 0 Å². The first-order valence-corrected chi connectivity index (χ1v) is 8.53. The highest BCUT2D eigenvalue weighted by Gasteiger charge is 2.12. The van der Waals surface area contributed by atoms with Gasteiger partial charge in [0.05, 0.1) is 13.2 Å². The van der Waals surface area contributed by atoms with Gasteiger partial charge in [0, 0.05) is 24.5 Å². The van der Waals surface area contributed by atoms with E-state index in [1.807, 2.05) is 18.4 Å². The van der Waals surface area contributed by atoms with E-state index >= 15 is 0 Å². The van der Waals surface area contributed by atoms with Crippen molar-refractivity contribution in [3.05, 3.63) is 36.2 Å². The van der Waals surface area contributed by atoms with Gasteiger partial charge in [-0.05, 0) is 30.5 Å². The van der Waals surface area contributed by atoms with E-state index in [1.54, 1.807) is 0 Å². The minimum Gasteiger partial charge on any atom is -0.378 e. The van der Waals surface area contributed by atoms with E-state index in [4.69, 9.17) is 4.74 Å². The molecule has 1 fully saturated rings.